The second-order valence-electron chi connectivity index (χ2n) is 6.23. The first-order chi connectivity index (χ1) is 9.73. The van der Waals surface area contributed by atoms with Crippen LogP contribution in [0, 0.1) is 0 Å². The molecule has 1 aliphatic carbocycles. The molecule has 3 nitrogen and oxygen atoms in total. The van der Waals surface area contributed by atoms with Crippen molar-refractivity contribution in [3.63, 3.8) is 0 Å². The van der Waals surface area contributed by atoms with Gasteiger partial charge in [-0.15, -0.1) is 0 Å². The largest absolute Gasteiger partial charge is 0.324 e. The van der Waals surface area contributed by atoms with Crippen molar-refractivity contribution >= 4 is 22.6 Å². The summed E-state index contributed by atoms with van der Waals surface area (Å²) in [5, 5.41) is 4.33. The van der Waals surface area contributed by atoms with E-state index in [1.807, 2.05) is 6.07 Å². The van der Waals surface area contributed by atoms with Gasteiger partial charge in [-0.1, -0.05) is 18.5 Å². The van der Waals surface area contributed by atoms with Crippen LogP contribution >= 0.6 is 11.6 Å². The van der Waals surface area contributed by atoms with Gasteiger partial charge >= 0.3 is 0 Å². The molecule has 1 aromatic heterocycles. The van der Waals surface area contributed by atoms with Crippen molar-refractivity contribution < 1.29 is 0 Å². The number of rotatable bonds is 3. The van der Waals surface area contributed by atoms with Crippen LogP contribution in [-0.4, -0.2) is 22.6 Å². The summed E-state index contributed by atoms with van der Waals surface area (Å²) in [7, 11) is 0. The molecule has 2 fully saturated rings. The fourth-order valence-electron chi connectivity index (χ4n) is 3.54. The lowest BCUT2D eigenvalue weighted by Crippen LogP contribution is -2.31. The Hall–Kier alpha value is -1.06. The van der Waals surface area contributed by atoms with Crippen LogP contribution in [0.5, 0.6) is 0 Å². The van der Waals surface area contributed by atoms with E-state index in [1.165, 1.54) is 30.6 Å². The summed E-state index contributed by atoms with van der Waals surface area (Å²) in [4.78, 5) is 5.00. The summed E-state index contributed by atoms with van der Waals surface area (Å²) in [5.41, 5.74) is 2.51. The number of aromatic nitrogens is 2. The second-order valence-corrected chi connectivity index (χ2v) is 6.67. The van der Waals surface area contributed by atoms with Crippen LogP contribution in [0.15, 0.2) is 18.2 Å². The number of hydrogen-bond donors (Lipinski definition) is 1. The van der Waals surface area contributed by atoms with Crippen molar-refractivity contribution in [1.29, 1.82) is 0 Å². The predicted octanol–water partition coefficient (Wildman–Crippen LogP) is 3.67. The highest BCUT2D eigenvalue weighted by Crippen LogP contribution is 2.44. The van der Waals surface area contributed by atoms with E-state index in [2.05, 4.69) is 28.9 Å². The third-order valence-corrected chi connectivity index (χ3v) is 5.19. The molecule has 1 aromatic carbocycles. The van der Waals surface area contributed by atoms with Gasteiger partial charge < -0.3 is 9.88 Å². The molecule has 0 radical (unpaired) electrons. The van der Waals surface area contributed by atoms with E-state index in [4.69, 9.17) is 16.6 Å². The fourth-order valence-corrected chi connectivity index (χ4v) is 3.70. The van der Waals surface area contributed by atoms with Crippen LogP contribution in [0.2, 0.25) is 5.02 Å². The molecule has 4 heteroatoms. The van der Waals surface area contributed by atoms with E-state index in [0.717, 1.165) is 30.0 Å². The second kappa shape index (κ2) is 4.47. The number of imidazole rings is 1. The predicted molar refractivity (Wildman–Crippen MR) is 82.5 cm³/mol. The number of fused-ring (bicyclic) bond motifs is 1. The zero-order valence-corrected chi connectivity index (χ0v) is 12.6. The number of nitrogens with zero attached hydrogens (tertiary/aromatic N) is 2. The maximum Gasteiger partial charge on any atom is 0.117 e. The number of nitrogens with one attached hydrogen (secondary N) is 1. The van der Waals surface area contributed by atoms with Crippen molar-refractivity contribution in [2.45, 2.75) is 44.1 Å². The fraction of sp³-hybridized carbons (Fsp3) is 0.562. The minimum Gasteiger partial charge on any atom is -0.324 e. The van der Waals surface area contributed by atoms with E-state index in [1.54, 1.807) is 0 Å². The Balaban J connectivity index is 1.96. The maximum atomic E-state index is 6.20. The van der Waals surface area contributed by atoms with Crippen LogP contribution in [0.3, 0.4) is 0 Å². The first-order valence-corrected chi connectivity index (χ1v) is 8.00. The zero-order valence-electron chi connectivity index (χ0n) is 11.8. The highest BCUT2D eigenvalue weighted by Gasteiger charge is 2.41. The molecule has 0 amide bonds. The van der Waals surface area contributed by atoms with E-state index in [9.17, 15) is 0 Å². The quantitative estimate of drug-likeness (QED) is 0.934. The zero-order chi connectivity index (χ0) is 13.7. The topological polar surface area (TPSA) is 29.9 Å². The van der Waals surface area contributed by atoms with Gasteiger partial charge in [0.1, 0.15) is 5.82 Å². The standard InChI is InChI=1S/C16H20ClN3/c1-2-16(7-8-18-10-16)15-19-13-6-3-11(17)9-14(13)20(15)12-4-5-12/h3,6,9,12,18H,2,4-5,7-8,10H2,1H3. The van der Waals surface area contributed by atoms with E-state index in [-0.39, 0.29) is 5.41 Å². The Kier molecular flexibility index (Phi) is 2.83. The minimum atomic E-state index is 0.202. The molecular formula is C16H20ClN3. The van der Waals surface area contributed by atoms with Crippen LogP contribution in [0.25, 0.3) is 11.0 Å². The van der Waals surface area contributed by atoms with E-state index >= 15 is 0 Å². The monoisotopic (exact) mass is 289 g/mol. The van der Waals surface area contributed by atoms with Gasteiger partial charge in [-0.2, -0.15) is 0 Å². The van der Waals surface area contributed by atoms with Crippen LogP contribution < -0.4 is 5.32 Å². The molecule has 1 saturated heterocycles. The Morgan fingerprint density at radius 3 is 2.95 bits per heavy atom. The van der Waals surface area contributed by atoms with Gasteiger partial charge in [0.2, 0.25) is 0 Å². The van der Waals surface area contributed by atoms with Gasteiger partial charge in [0.05, 0.1) is 11.0 Å². The van der Waals surface area contributed by atoms with Crippen molar-refractivity contribution in [3.8, 4) is 0 Å². The van der Waals surface area contributed by atoms with Crippen molar-refractivity contribution in [2.24, 2.45) is 0 Å². The SMILES string of the molecule is CCC1(c2nc3ccc(Cl)cc3n2C2CC2)CCNC1. The van der Waals surface area contributed by atoms with Gasteiger partial charge in [0, 0.05) is 23.0 Å². The summed E-state index contributed by atoms with van der Waals surface area (Å²) in [6.07, 6.45) is 4.88. The first kappa shape index (κ1) is 12.7. The van der Waals surface area contributed by atoms with Crippen molar-refractivity contribution in [2.75, 3.05) is 13.1 Å². The lowest BCUT2D eigenvalue weighted by atomic mass is 9.83. The van der Waals surface area contributed by atoms with E-state index < -0.39 is 0 Å². The third kappa shape index (κ3) is 1.80. The molecule has 106 valence electrons. The van der Waals surface area contributed by atoms with Gasteiger partial charge in [0.25, 0.3) is 0 Å². The summed E-state index contributed by atoms with van der Waals surface area (Å²) in [5.74, 6) is 1.28. The molecule has 1 N–H and O–H groups in total. The maximum absolute atomic E-state index is 6.20. The highest BCUT2D eigenvalue weighted by molar-refractivity contribution is 6.31. The van der Waals surface area contributed by atoms with Crippen LogP contribution in [-0.2, 0) is 5.41 Å². The molecule has 1 atom stereocenters. The number of halogens is 1. The number of hydrogen-bond acceptors (Lipinski definition) is 2. The minimum absolute atomic E-state index is 0.202. The Bertz CT molecular complexity index is 651. The summed E-state index contributed by atoms with van der Waals surface area (Å²) >= 11 is 6.20. The Morgan fingerprint density at radius 2 is 2.30 bits per heavy atom. The molecule has 2 aromatic rings. The highest BCUT2D eigenvalue weighted by atomic mass is 35.5. The molecule has 2 aliphatic rings. The molecule has 1 aliphatic heterocycles. The van der Waals surface area contributed by atoms with Gasteiger partial charge in [-0.25, -0.2) is 4.98 Å². The lowest BCUT2D eigenvalue weighted by molar-refractivity contribution is 0.406. The lowest BCUT2D eigenvalue weighted by Gasteiger charge is -2.27. The first-order valence-electron chi connectivity index (χ1n) is 7.62. The summed E-state index contributed by atoms with van der Waals surface area (Å²) in [6, 6.07) is 6.73. The average Bonchev–Trinajstić information content (AvgIpc) is 3.04. The molecule has 2 heterocycles. The molecule has 0 spiro atoms. The molecule has 0 bridgehead atoms. The number of benzene rings is 1. The normalized spacial score (nSPS) is 26.5. The van der Waals surface area contributed by atoms with E-state index in [0.29, 0.717) is 6.04 Å². The summed E-state index contributed by atoms with van der Waals surface area (Å²) < 4.78 is 2.48. The molecular weight excluding hydrogens is 270 g/mol. The molecule has 1 unspecified atom stereocenters. The third-order valence-electron chi connectivity index (χ3n) is 4.96. The van der Waals surface area contributed by atoms with Crippen molar-refractivity contribution in [1.82, 2.24) is 14.9 Å². The van der Waals surface area contributed by atoms with Crippen molar-refractivity contribution in [3.05, 3.63) is 29.0 Å². The molecule has 1 saturated carbocycles. The van der Waals surface area contributed by atoms with Gasteiger partial charge in [-0.3, -0.25) is 0 Å². The molecule has 4 rings (SSSR count). The van der Waals surface area contributed by atoms with Gasteiger partial charge in [0.15, 0.2) is 0 Å². The molecule has 20 heavy (non-hydrogen) atoms. The summed E-state index contributed by atoms with van der Waals surface area (Å²) in [6.45, 7) is 4.44. The Morgan fingerprint density at radius 1 is 1.45 bits per heavy atom. The average molecular weight is 290 g/mol. The van der Waals surface area contributed by atoms with Crippen LogP contribution in [0.1, 0.15) is 44.5 Å². The Labute approximate surface area is 124 Å². The van der Waals surface area contributed by atoms with Crippen LogP contribution in [0.4, 0.5) is 0 Å². The smallest absolute Gasteiger partial charge is 0.117 e. The van der Waals surface area contributed by atoms with Gasteiger partial charge in [-0.05, 0) is 50.4 Å².